The van der Waals surface area contributed by atoms with E-state index in [2.05, 4.69) is 41.0 Å². The molecule has 1 fully saturated rings. The average molecular weight is 464 g/mol. The van der Waals surface area contributed by atoms with E-state index in [1.165, 1.54) is 0 Å². The standard InChI is InChI=1S/C26H33N5O3/c1-5-18(22-14-34-11-10-27-22)24-28-19(23(31-24)15(2)3)13-21-26(33)29-20(25(32)30-21)12-17-9-7-6-8-16(17)4/h6-9,12-13,15,18,22,27H,5,10-11,14H2,1-4H3,(H,28,31)(H,29,33)(H,30,32)/b20-12-,21-13-. The number of H-pyrrole nitrogens is 3. The van der Waals surface area contributed by atoms with E-state index >= 15 is 0 Å². The third kappa shape index (κ3) is 5.13. The summed E-state index contributed by atoms with van der Waals surface area (Å²) < 4.78 is 5.66. The summed E-state index contributed by atoms with van der Waals surface area (Å²) >= 11 is 0. The highest BCUT2D eigenvalue weighted by Gasteiger charge is 2.27. The van der Waals surface area contributed by atoms with Gasteiger partial charge in [0.15, 0.2) is 0 Å². The van der Waals surface area contributed by atoms with Crippen molar-refractivity contribution in [3.8, 4) is 0 Å². The number of hydrogen-bond acceptors (Lipinski definition) is 5. The van der Waals surface area contributed by atoms with Crippen LogP contribution in [0.25, 0.3) is 12.2 Å². The Kier molecular flexibility index (Phi) is 7.29. The Hall–Kier alpha value is -3.23. The Morgan fingerprint density at radius 1 is 1.09 bits per heavy atom. The highest BCUT2D eigenvalue weighted by molar-refractivity contribution is 5.52. The van der Waals surface area contributed by atoms with Gasteiger partial charge in [-0.3, -0.25) is 9.59 Å². The smallest absolute Gasteiger partial charge is 0.272 e. The summed E-state index contributed by atoms with van der Waals surface area (Å²) in [6.07, 6.45) is 4.24. The van der Waals surface area contributed by atoms with E-state index in [0.29, 0.717) is 12.3 Å². The van der Waals surface area contributed by atoms with E-state index in [4.69, 9.17) is 9.72 Å². The van der Waals surface area contributed by atoms with E-state index in [0.717, 1.165) is 42.2 Å². The van der Waals surface area contributed by atoms with Crippen LogP contribution in [-0.2, 0) is 4.74 Å². The number of aryl methyl sites for hydroxylation is 1. The van der Waals surface area contributed by atoms with Crippen molar-refractivity contribution in [2.75, 3.05) is 19.8 Å². The number of benzene rings is 1. The maximum absolute atomic E-state index is 12.9. The van der Waals surface area contributed by atoms with Gasteiger partial charge in [0.25, 0.3) is 11.1 Å². The summed E-state index contributed by atoms with van der Waals surface area (Å²) in [5.74, 6) is 1.19. The molecular weight excluding hydrogens is 430 g/mol. The first-order chi connectivity index (χ1) is 16.4. The maximum Gasteiger partial charge on any atom is 0.272 e. The molecule has 1 aromatic carbocycles. The van der Waals surface area contributed by atoms with Gasteiger partial charge in [-0.25, -0.2) is 4.98 Å². The highest BCUT2D eigenvalue weighted by atomic mass is 16.5. The Morgan fingerprint density at radius 2 is 1.79 bits per heavy atom. The second kappa shape index (κ2) is 10.4. The summed E-state index contributed by atoms with van der Waals surface area (Å²) in [7, 11) is 0. The molecule has 0 saturated carbocycles. The number of morpholine rings is 1. The minimum absolute atomic E-state index is 0.156. The van der Waals surface area contributed by atoms with Gasteiger partial charge in [-0.15, -0.1) is 0 Å². The summed E-state index contributed by atoms with van der Waals surface area (Å²) in [5, 5.41) is 3.92. The van der Waals surface area contributed by atoms with Crippen molar-refractivity contribution >= 4 is 12.2 Å². The number of imidazole rings is 1. The van der Waals surface area contributed by atoms with Gasteiger partial charge >= 0.3 is 0 Å². The zero-order valence-corrected chi connectivity index (χ0v) is 20.2. The molecule has 4 rings (SSSR count). The molecule has 34 heavy (non-hydrogen) atoms. The van der Waals surface area contributed by atoms with Crippen molar-refractivity contribution in [2.45, 2.75) is 52.0 Å². The summed E-state index contributed by atoms with van der Waals surface area (Å²) in [6.45, 7) is 10.4. The SMILES string of the molecule is CCC(c1nc(/C=c2\[nH]c(=O)/c(=C/c3ccccc3C)[nH]c2=O)c(C(C)C)[nH]1)C1COCCN1. The zero-order valence-electron chi connectivity index (χ0n) is 20.2. The molecule has 8 nitrogen and oxygen atoms in total. The second-order valence-electron chi connectivity index (χ2n) is 9.11. The molecule has 2 atom stereocenters. The molecule has 0 radical (unpaired) electrons. The van der Waals surface area contributed by atoms with Crippen molar-refractivity contribution in [3.63, 3.8) is 0 Å². The lowest BCUT2D eigenvalue weighted by Crippen LogP contribution is -2.46. The Bertz CT molecular complexity index is 1380. The van der Waals surface area contributed by atoms with Gasteiger partial charge in [0.2, 0.25) is 0 Å². The number of nitrogens with one attached hydrogen (secondary N) is 4. The predicted molar refractivity (Wildman–Crippen MR) is 134 cm³/mol. The quantitative estimate of drug-likeness (QED) is 0.441. The van der Waals surface area contributed by atoms with Crippen molar-refractivity contribution in [2.24, 2.45) is 0 Å². The van der Waals surface area contributed by atoms with Crippen LogP contribution in [0.4, 0.5) is 0 Å². The first kappa shape index (κ1) is 23.9. The monoisotopic (exact) mass is 463 g/mol. The minimum Gasteiger partial charge on any atom is -0.378 e. The number of rotatable bonds is 6. The highest BCUT2D eigenvalue weighted by Crippen LogP contribution is 2.26. The van der Waals surface area contributed by atoms with E-state index in [1.54, 1.807) is 12.2 Å². The van der Waals surface area contributed by atoms with Crippen LogP contribution in [0.1, 0.15) is 67.4 Å². The van der Waals surface area contributed by atoms with Gasteiger partial charge < -0.3 is 25.0 Å². The fourth-order valence-corrected chi connectivity index (χ4v) is 4.40. The van der Waals surface area contributed by atoms with Crippen LogP contribution in [0.15, 0.2) is 33.9 Å². The largest absolute Gasteiger partial charge is 0.378 e. The molecule has 0 aliphatic carbocycles. The van der Waals surface area contributed by atoms with E-state index in [-0.39, 0.29) is 39.7 Å². The zero-order chi connectivity index (χ0) is 24.2. The molecule has 0 spiro atoms. The fraction of sp³-hybridized carbons (Fsp3) is 0.423. The molecule has 3 heterocycles. The number of ether oxygens (including phenoxy) is 1. The third-order valence-corrected chi connectivity index (χ3v) is 6.34. The van der Waals surface area contributed by atoms with Crippen LogP contribution < -0.4 is 27.1 Å². The number of nitrogens with zero attached hydrogens (tertiary/aromatic N) is 1. The number of hydrogen-bond donors (Lipinski definition) is 4. The minimum atomic E-state index is -0.368. The molecule has 2 aromatic heterocycles. The molecule has 1 aliphatic rings. The maximum atomic E-state index is 12.9. The average Bonchev–Trinajstić information content (AvgIpc) is 3.23. The van der Waals surface area contributed by atoms with Crippen molar-refractivity contribution in [1.82, 2.24) is 25.3 Å². The summed E-state index contributed by atoms with van der Waals surface area (Å²) in [5.41, 5.74) is 2.77. The van der Waals surface area contributed by atoms with Gasteiger partial charge in [0.05, 0.1) is 18.9 Å². The van der Waals surface area contributed by atoms with Crippen LogP contribution in [-0.4, -0.2) is 45.7 Å². The lowest BCUT2D eigenvalue weighted by molar-refractivity contribution is 0.0664. The first-order valence-corrected chi connectivity index (χ1v) is 11.9. The first-order valence-electron chi connectivity index (χ1n) is 11.9. The van der Waals surface area contributed by atoms with Gasteiger partial charge in [-0.2, -0.15) is 0 Å². The summed E-state index contributed by atoms with van der Waals surface area (Å²) in [4.78, 5) is 39.4. The Balaban J connectivity index is 1.76. The van der Waals surface area contributed by atoms with Gasteiger partial charge in [0.1, 0.15) is 16.5 Å². The van der Waals surface area contributed by atoms with E-state index in [1.807, 2.05) is 31.2 Å². The van der Waals surface area contributed by atoms with Crippen molar-refractivity contribution in [3.05, 3.63) is 84.0 Å². The third-order valence-electron chi connectivity index (χ3n) is 6.34. The molecule has 1 aliphatic heterocycles. The van der Waals surface area contributed by atoms with Crippen LogP contribution in [0.5, 0.6) is 0 Å². The van der Waals surface area contributed by atoms with Crippen molar-refractivity contribution in [1.29, 1.82) is 0 Å². The second-order valence-corrected chi connectivity index (χ2v) is 9.11. The summed E-state index contributed by atoms with van der Waals surface area (Å²) in [6, 6.07) is 7.87. The predicted octanol–water partition coefficient (Wildman–Crippen LogP) is 1.36. The van der Waals surface area contributed by atoms with Crippen LogP contribution >= 0.6 is 0 Å². The van der Waals surface area contributed by atoms with Crippen LogP contribution in [0, 0.1) is 6.92 Å². The van der Waals surface area contributed by atoms with E-state index in [9.17, 15) is 9.59 Å². The van der Waals surface area contributed by atoms with Crippen molar-refractivity contribution < 1.29 is 4.74 Å². The van der Waals surface area contributed by atoms with Crippen LogP contribution in [0.2, 0.25) is 0 Å². The molecule has 8 heteroatoms. The van der Waals surface area contributed by atoms with Gasteiger partial charge in [-0.05, 0) is 42.5 Å². The van der Waals surface area contributed by atoms with Crippen LogP contribution in [0.3, 0.4) is 0 Å². The lowest BCUT2D eigenvalue weighted by Gasteiger charge is -2.29. The van der Waals surface area contributed by atoms with E-state index < -0.39 is 0 Å². The Morgan fingerprint density at radius 3 is 2.41 bits per heavy atom. The molecule has 4 N–H and O–H groups in total. The number of aromatic amines is 3. The molecule has 2 unspecified atom stereocenters. The number of aromatic nitrogens is 4. The molecule has 0 amide bonds. The normalized spacial score (nSPS) is 18.6. The molecule has 3 aromatic rings. The Labute approximate surface area is 198 Å². The molecule has 0 bridgehead atoms. The molecule has 1 saturated heterocycles. The fourth-order valence-electron chi connectivity index (χ4n) is 4.40. The molecular formula is C26H33N5O3. The molecule has 180 valence electrons. The van der Waals surface area contributed by atoms with Gasteiger partial charge in [-0.1, -0.05) is 45.0 Å². The topological polar surface area (TPSA) is 116 Å². The van der Waals surface area contributed by atoms with Gasteiger partial charge in [0, 0.05) is 24.2 Å². The lowest BCUT2D eigenvalue weighted by atomic mass is 9.96.